The lowest BCUT2D eigenvalue weighted by molar-refractivity contribution is -0.0721. The third-order valence-electron chi connectivity index (χ3n) is 3.61. The zero-order chi connectivity index (χ0) is 11.8. The molecule has 0 N–H and O–H groups in total. The van der Waals surface area contributed by atoms with Gasteiger partial charge in [-0.2, -0.15) is 4.37 Å². The van der Waals surface area contributed by atoms with Crippen LogP contribution in [0.3, 0.4) is 0 Å². The minimum atomic E-state index is -0.306. The lowest BCUT2D eigenvalue weighted by Gasteiger charge is -2.40. The first kappa shape index (κ1) is 12.3. The molecule has 2 rings (SSSR count). The van der Waals surface area contributed by atoms with E-state index in [0.29, 0.717) is 9.88 Å². The molecule has 0 bridgehead atoms. The number of methoxy groups -OCH3 is 1. The molecule has 1 heterocycles. The first-order chi connectivity index (χ1) is 7.47. The molecule has 0 saturated heterocycles. The Labute approximate surface area is 105 Å². The minimum Gasteiger partial charge on any atom is -0.370 e. The van der Waals surface area contributed by atoms with Gasteiger partial charge in [0.2, 0.25) is 4.47 Å². The van der Waals surface area contributed by atoms with Crippen LogP contribution in [-0.4, -0.2) is 16.5 Å². The van der Waals surface area contributed by atoms with E-state index in [-0.39, 0.29) is 5.60 Å². The van der Waals surface area contributed by atoms with Crippen molar-refractivity contribution in [1.29, 1.82) is 0 Å². The zero-order valence-corrected chi connectivity index (χ0v) is 11.5. The van der Waals surface area contributed by atoms with Crippen molar-refractivity contribution in [3.05, 3.63) is 10.3 Å². The average molecular weight is 261 g/mol. The Balaban J connectivity index is 2.22. The Kier molecular flexibility index (Phi) is 3.25. The molecular weight excluding hydrogens is 244 g/mol. The molecule has 90 valence electrons. The second-order valence-electron chi connectivity index (χ2n) is 5.23. The molecule has 0 unspecified atom stereocenters. The van der Waals surface area contributed by atoms with Gasteiger partial charge >= 0.3 is 0 Å². The van der Waals surface area contributed by atoms with E-state index in [1.807, 2.05) is 0 Å². The van der Waals surface area contributed by atoms with E-state index in [1.54, 1.807) is 7.11 Å². The summed E-state index contributed by atoms with van der Waals surface area (Å²) < 4.78 is 10.5. The second-order valence-corrected chi connectivity index (χ2v) is 6.57. The molecule has 5 heteroatoms. The summed E-state index contributed by atoms with van der Waals surface area (Å²) in [7, 11) is 1.74. The lowest BCUT2D eigenvalue weighted by Crippen LogP contribution is -2.37. The molecule has 1 aliphatic rings. The van der Waals surface area contributed by atoms with Crippen LogP contribution < -0.4 is 0 Å². The van der Waals surface area contributed by atoms with Crippen LogP contribution in [-0.2, 0) is 10.3 Å². The van der Waals surface area contributed by atoms with Crippen LogP contribution in [0.25, 0.3) is 0 Å². The van der Waals surface area contributed by atoms with Gasteiger partial charge in [0.25, 0.3) is 0 Å². The molecule has 0 aliphatic heterocycles. The van der Waals surface area contributed by atoms with Gasteiger partial charge in [0.15, 0.2) is 5.82 Å². The maximum Gasteiger partial charge on any atom is 0.203 e. The highest BCUT2D eigenvalue weighted by Gasteiger charge is 2.42. The van der Waals surface area contributed by atoms with E-state index in [2.05, 4.69) is 23.2 Å². The Morgan fingerprint density at radius 1 is 1.25 bits per heavy atom. The van der Waals surface area contributed by atoms with Crippen LogP contribution in [0.5, 0.6) is 0 Å². The Morgan fingerprint density at radius 2 is 1.88 bits per heavy atom. The summed E-state index contributed by atoms with van der Waals surface area (Å²) in [5.41, 5.74) is 0.0982. The zero-order valence-electron chi connectivity index (χ0n) is 9.92. The standard InChI is InChI=1S/C11H17ClN2OS/c1-10(2)4-6-11(15-3,7-5-10)8-13-9(12)16-14-8/h4-7H2,1-3H3. The van der Waals surface area contributed by atoms with Crippen molar-refractivity contribution in [3.8, 4) is 0 Å². The van der Waals surface area contributed by atoms with Gasteiger partial charge in [0.05, 0.1) is 0 Å². The number of rotatable bonds is 2. The normalized spacial score (nSPS) is 23.2. The third-order valence-corrected chi connectivity index (χ3v) is 4.41. The topological polar surface area (TPSA) is 35.0 Å². The Hall–Kier alpha value is -0.190. The fraction of sp³-hybridized carbons (Fsp3) is 0.818. The van der Waals surface area contributed by atoms with Gasteiger partial charge in [-0.05, 0) is 54.2 Å². The molecular formula is C11H17ClN2OS. The van der Waals surface area contributed by atoms with Crippen molar-refractivity contribution < 1.29 is 4.74 Å². The molecule has 0 amide bonds. The summed E-state index contributed by atoms with van der Waals surface area (Å²) in [6.45, 7) is 4.60. The molecule has 0 spiro atoms. The van der Waals surface area contributed by atoms with Crippen LogP contribution in [0.15, 0.2) is 0 Å². The van der Waals surface area contributed by atoms with Gasteiger partial charge in [0.1, 0.15) is 5.60 Å². The first-order valence-corrected chi connectivity index (χ1v) is 6.67. The monoisotopic (exact) mass is 260 g/mol. The number of nitrogens with zero attached hydrogens (tertiary/aromatic N) is 2. The van der Waals surface area contributed by atoms with Crippen LogP contribution in [0, 0.1) is 5.41 Å². The quantitative estimate of drug-likeness (QED) is 0.814. The van der Waals surface area contributed by atoms with Gasteiger partial charge in [-0.25, -0.2) is 4.98 Å². The van der Waals surface area contributed by atoms with Gasteiger partial charge in [-0.15, -0.1) is 0 Å². The highest BCUT2D eigenvalue weighted by atomic mass is 35.5. The lowest BCUT2D eigenvalue weighted by atomic mass is 9.70. The molecule has 1 aliphatic carbocycles. The molecule has 1 aromatic rings. The number of ether oxygens (including phenoxy) is 1. The minimum absolute atomic E-state index is 0.306. The van der Waals surface area contributed by atoms with Crippen molar-refractivity contribution in [2.75, 3.05) is 7.11 Å². The maximum atomic E-state index is 5.84. The van der Waals surface area contributed by atoms with Crippen molar-refractivity contribution in [2.45, 2.75) is 45.1 Å². The van der Waals surface area contributed by atoms with Crippen molar-refractivity contribution in [3.63, 3.8) is 0 Å². The van der Waals surface area contributed by atoms with Crippen LogP contribution in [0.4, 0.5) is 0 Å². The van der Waals surface area contributed by atoms with Gasteiger partial charge in [0, 0.05) is 7.11 Å². The molecule has 0 atom stereocenters. The predicted octanol–water partition coefficient (Wildman–Crippen LogP) is 3.63. The summed E-state index contributed by atoms with van der Waals surface area (Å²) in [5.74, 6) is 0.764. The highest BCUT2D eigenvalue weighted by Crippen LogP contribution is 2.46. The molecule has 0 radical (unpaired) electrons. The van der Waals surface area contributed by atoms with Crippen molar-refractivity contribution in [1.82, 2.24) is 9.36 Å². The van der Waals surface area contributed by atoms with Crippen LogP contribution >= 0.6 is 23.1 Å². The first-order valence-electron chi connectivity index (χ1n) is 5.52. The van der Waals surface area contributed by atoms with Crippen LogP contribution in [0.2, 0.25) is 4.47 Å². The predicted molar refractivity (Wildman–Crippen MR) is 65.9 cm³/mol. The van der Waals surface area contributed by atoms with E-state index in [0.717, 1.165) is 31.5 Å². The molecule has 1 aromatic heterocycles. The molecule has 0 aromatic carbocycles. The van der Waals surface area contributed by atoms with Gasteiger partial charge in [-0.1, -0.05) is 13.8 Å². The fourth-order valence-electron chi connectivity index (χ4n) is 2.24. The Bertz CT molecular complexity index is 368. The van der Waals surface area contributed by atoms with E-state index in [4.69, 9.17) is 16.3 Å². The Morgan fingerprint density at radius 3 is 2.31 bits per heavy atom. The third kappa shape index (κ3) is 2.24. The summed E-state index contributed by atoms with van der Waals surface area (Å²) in [5, 5.41) is 0. The average Bonchev–Trinajstić information content (AvgIpc) is 2.66. The van der Waals surface area contributed by atoms with E-state index in [1.165, 1.54) is 11.5 Å². The smallest absolute Gasteiger partial charge is 0.203 e. The largest absolute Gasteiger partial charge is 0.370 e. The number of hydrogen-bond acceptors (Lipinski definition) is 4. The van der Waals surface area contributed by atoms with Crippen molar-refractivity contribution >= 4 is 23.1 Å². The summed E-state index contributed by atoms with van der Waals surface area (Å²) in [4.78, 5) is 4.27. The maximum absolute atomic E-state index is 5.84. The van der Waals surface area contributed by atoms with Gasteiger partial charge in [-0.3, -0.25) is 0 Å². The van der Waals surface area contributed by atoms with Crippen molar-refractivity contribution in [2.24, 2.45) is 5.41 Å². The summed E-state index contributed by atoms with van der Waals surface area (Å²) in [6, 6.07) is 0. The molecule has 1 saturated carbocycles. The fourth-order valence-corrected chi connectivity index (χ4v) is 2.92. The summed E-state index contributed by atoms with van der Waals surface area (Å²) >= 11 is 7.08. The van der Waals surface area contributed by atoms with E-state index < -0.39 is 0 Å². The van der Waals surface area contributed by atoms with Crippen LogP contribution in [0.1, 0.15) is 45.4 Å². The molecule has 3 nitrogen and oxygen atoms in total. The number of halogens is 1. The highest BCUT2D eigenvalue weighted by molar-refractivity contribution is 7.10. The molecule has 16 heavy (non-hydrogen) atoms. The SMILES string of the molecule is COC1(c2nsc(Cl)n2)CCC(C)(C)CC1. The van der Waals surface area contributed by atoms with E-state index in [9.17, 15) is 0 Å². The molecule has 1 fully saturated rings. The second kappa shape index (κ2) is 4.24. The number of hydrogen-bond donors (Lipinski definition) is 0. The summed E-state index contributed by atoms with van der Waals surface area (Å²) in [6.07, 6.45) is 4.22. The van der Waals surface area contributed by atoms with Gasteiger partial charge < -0.3 is 4.74 Å². The number of aromatic nitrogens is 2. The van der Waals surface area contributed by atoms with E-state index >= 15 is 0 Å².